The van der Waals surface area contributed by atoms with Crippen LogP contribution < -0.4 is 0 Å². The lowest BCUT2D eigenvalue weighted by Crippen LogP contribution is -2.28. The van der Waals surface area contributed by atoms with E-state index in [1.54, 1.807) is 0 Å². The summed E-state index contributed by atoms with van der Waals surface area (Å²) >= 11 is 10.7. The van der Waals surface area contributed by atoms with Gasteiger partial charge in [0.2, 0.25) is 0 Å². The van der Waals surface area contributed by atoms with Crippen LogP contribution in [0, 0.1) is 0 Å². The van der Waals surface area contributed by atoms with Crippen molar-refractivity contribution < 1.29 is 13.0 Å². The van der Waals surface area contributed by atoms with Crippen LogP contribution in [-0.4, -0.2) is 24.4 Å². The van der Waals surface area contributed by atoms with Crippen LogP contribution in [0.15, 0.2) is 24.5 Å². The van der Waals surface area contributed by atoms with Crippen LogP contribution in [0.5, 0.6) is 0 Å². The maximum atomic E-state index is 10.8. The van der Waals surface area contributed by atoms with E-state index in [-0.39, 0.29) is 11.2 Å². The number of fused-ring (bicyclic) bond motifs is 1. The van der Waals surface area contributed by atoms with E-state index in [1.165, 1.54) is 0 Å². The number of benzene rings is 1. The van der Waals surface area contributed by atoms with E-state index in [0.29, 0.717) is 12.8 Å². The first-order chi connectivity index (χ1) is 10.1. The fourth-order valence-electron chi connectivity index (χ4n) is 2.75. The van der Waals surface area contributed by atoms with Crippen molar-refractivity contribution in [3.63, 3.8) is 0 Å². The summed E-state index contributed by atoms with van der Waals surface area (Å²) < 4.78 is 33.3. The Kier molecular flexibility index (Phi) is 5.59. The third-order valence-electron chi connectivity index (χ3n) is 4.11. The van der Waals surface area contributed by atoms with Crippen LogP contribution in [0.4, 0.5) is 5.69 Å². The summed E-state index contributed by atoms with van der Waals surface area (Å²) in [6.45, 7) is 4.12. The Balaban J connectivity index is 2.26. The molecule has 0 aromatic heterocycles. The fraction of sp³-hybridized carbons (Fsp3) is 0.500. The molecule has 0 spiro atoms. The van der Waals surface area contributed by atoms with Gasteiger partial charge in [0, 0.05) is 30.1 Å². The number of hydrogen-bond acceptors (Lipinski definition) is 3. The second kappa shape index (κ2) is 6.63. The Hall–Kier alpha value is 0.240. The molecular weight excluding hydrogens is 502 g/mol. The van der Waals surface area contributed by atoms with E-state index < -0.39 is 10.1 Å². The van der Waals surface area contributed by atoms with Gasteiger partial charge in [-0.1, -0.05) is 13.3 Å². The molecule has 0 bridgehead atoms. The molecule has 0 fully saturated rings. The van der Waals surface area contributed by atoms with E-state index in [2.05, 4.69) is 59.7 Å². The Morgan fingerprint density at radius 3 is 2.45 bits per heavy atom. The van der Waals surface area contributed by atoms with Gasteiger partial charge in [-0.2, -0.15) is 8.42 Å². The largest absolute Gasteiger partial charge is 0.286 e. The molecule has 1 N–H and O–H groups in total. The SMILES string of the molecule is CC1=Nc2cc(Br)c(Br)c(Br)c2C1(C)CCCCS(=O)(=O)O. The smallest absolute Gasteiger partial charge is 0.264 e. The van der Waals surface area contributed by atoms with Gasteiger partial charge in [0.25, 0.3) is 10.1 Å². The van der Waals surface area contributed by atoms with Gasteiger partial charge in [-0.05, 0) is 73.6 Å². The molecule has 0 radical (unpaired) electrons. The van der Waals surface area contributed by atoms with Crippen molar-refractivity contribution in [2.45, 2.75) is 38.5 Å². The van der Waals surface area contributed by atoms with E-state index in [0.717, 1.165) is 36.8 Å². The van der Waals surface area contributed by atoms with Crippen LogP contribution in [0.25, 0.3) is 0 Å². The van der Waals surface area contributed by atoms with Crippen molar-refractivity contribution in [1.29, 1.82) is 0 Å². The molecule has 122 valence electrons. The monoisotopic (exact) mass is 515 g/mol. The molecule has 4 nitrogen and oxygen atoms in total. The second-order valence-electron chi connectivity index (χ2n) is 5.65. The maximum Gasteiger partial charge on any atom is 0.264 e. The minimum atomic E-state index is -3.89. The molecule has 1 aromatic carbocycles. The average Bonchev–Trinajstić information content (AvgIpc) is 2.63. The molecule has 8 heteroatoms. The predicted molar refractivity (Wildman–Crippen MR) is 99.9 cm³/mol. The van der Waals surface area contributed by atoms with E-state index in [9.17, 15) is 8.42 Å². The fourth-order valence-corrected chi connectivity index (χ4v) is 5.17. The molecule has 1 aliphatic heterocycles. The zero-order valence-corrected chi connectivity index (χ0v) is 17.7. The van der Waals surface area contributed by atoms with E-state index >= 15 is 0 Å². The second-order valence-corrected chi connectivity index (χ2v) is 9.67. The minimum Gasteiger partial charge on any atom is -0.286 e. The Morgan fingerprint density at radius 2 is 1.86 bits per heavy atom. The molecule has 1 heterocycles. The molecule has 22 heavy (non-hydrogen) atoms. The summed E-state index contributed by atoms with van der Waals surface area (Å²) in [6.07, 6.45) is 1.91. The summed E-state index contributed by atoms with van der Waals surface area (Å²) in [4.78, 5) is 4.66. The van der Waals surface area contributed by atoms with Gasteiger partial charge in [-0.25, -0.2) is 0 Å². The normalized spacial score (nSPS) is 20.9. The molecule has 0 saturated carbocycles. The van der Waals surface area contributed by atoms with E-state index in [4.69, 9.17) is 4.55 Å². The first kappa shape index (κ1) is 18.6. The van der Waals surface area contributed by atoms with Crippen molar-refractivity contribution in [3.05, 3.63) is 25.0 Å². The molecule has 1 aliphatic rings. The van der Waals surface area contributed by atoms with Gasteiger partial charge in [-0.3, -0.25) is 9.55 Å². The summed E-state index contributed by atoms with van der Waals surface area (Å²) in [5, 5.41) is 0. The number of rotatable bonds is 5. The molecule has 2 rings (SSSR count). The summed E-state index contributed by atoms with van der Waals surface area (Å²) in [5.74, 6) is -0.197. The van der Waals surface area contributed by atoms with Gasteiger partial charge in [0.15, 0.2) is 0 Å². The highest BCUT2D eigenvalue weighted by Gasteiger charge is 2.39. The molecule has 1 unspecified atom stereocenters. The van der Waals surface area contributed by atoms with Crippen LogP contribution in [0.1, 0.15) is 38.7 Å². The lowest BCUT2D eigenvalue weighted by atomic mass is 9.76. The molecule has 0 aliphatic carbocycles. The summed E-state index contributed by atoms with van der Waals surface area (Å²) in [6, 6.07) is 1.98. The van der Waals surface area contributed by atoms with E-state index in [1.807, 2.05) is 13.0 Å². The van der Waals surface area contributed by atoms with Gasteiger partial charge >= 0.3 is 0 Å². The first-order valence-corrected chi connectivity index (χ1v) is 10.7. The zero-order valence-electron chi connectivity index (χ0n) is 12.2. The van der Waals surface area contributed by atoms with Crippen molar-refractivity contribution in [3.8, 4) is 0 Å². The Bertz CT molecular complexity index is 746. The molecular formula is C14H16Br3NO3S. The topological polar surface area (TPSA) is 66.7 Å². The molecule has 1 atom stereocenters. The Labute approximate surface area is 155 Å². The number of aliphatic imine (C=N–C) groups is 1. The Morgan fingerprint density at radius 1 is 1.23 bits per heavy atom. The summed E-state index contributed by atoms with van der Waals surface area (Å²) in [7, 11) is -3.89. The van der Waals surface area contributed by atoms with Crippen molar-refractivity contribution in [2.24, 2.45) is 4.99 Å². The highest BCUT2D eigenvalue weighted by atomic mass is 79.9. The third kappa shape index (κ3) is 3.66. The van der Waals surface area contributed by atoms with Gasteiger partial charge in [0.1, 0.15) is 0 Å². The van der Waals surface area contributed by atoms with Gasteiger partial charge in [0.05, 0.1) is 11.4 Å². The van der Waals surface area contributed by atoms with Crippen molar-refractivity contribution >= 4 is 69.3 Å². The zero-order chi connectivity index (χ0) is 16.7. The van der Waals surface area contributed by atoms with Crippen molar-refractivity contribution in [1.82, 2.24) is 0 Å². The van der Waals surface area contributed by atoms with Gasteiger partial charge in [-0.15, -0.1) is 0 Å². The molecule has 1 aromatic rings. The van der Waals surface area contributed by atoms with Crippen LogP contribution in [0.2, 0.25) is 0 Å². The number of unbranched alkanes of at least 4 members (excludes halogenated alkanes) is 1. The summed E-state index contributed by atoms with van der Waals surface area (Å²) in [5.41, 5.74) is 2.82. The quantitative estimate of drug-likeness (QED) is 0.323. The number of halogens is 3. The number of hydrogen-bond donors (Lipinski definition) is 1. The van der Waals surface area contributed by atoms with Crippen LogP contribution >= 0.6 is 47.8 Å². The van der Waals surface area contributed by atoms with Crippen LogP contribution in [0.3, 0.4) is 0 Å². The van der Waals surface area contributed by atoms with Gasteiger partial charge < -0.3 is 0 Å². The lowest BCUT2D eigenvalue weighted by molar-refractivity contribution is 0.475. The standard InChI is InChI=1S/C14H16Br3NO3S/c1-8-14(2,5-3-4-6-22(19,20)21)11-10(18-8)7-9(15)12(16)13(11)17/h7H,3-6H2,1-2H3,(H,19,20,21). The highest BCUT2D eigenvalue weighted by Crippen LogP contribution is 2.51. The maximum absolute atomic E-state index is 10.8. The minimum absolute atomic E-state index is 0.197. The third-order valence-corrected chi connectivity index (χ3v) is 8.22. The average molecular weight is 518 g/mol. The van der Waals surface area contributed by atoms with Crippen LogP contribution in [-0.2, 0) is 15.5 Å². The highest BCUT2D eigenvalue weighted by molar-refractivity contribution is 9.14. The lowest BCUT2D eigenvalue weighted by Gasteiger charge is -2.27. The van der Waals surface area contributed by atoms with Crippen molar-refractivity contribution in [2.75, 3.05) is 5.75 Å². The first-order valence-electron chi connectivity index (χ1n) is 6.75. The molecule has 0 saturated heterocycles. The molecule has 0 amide bonds. The number of nitrogens with zero attached hydrogens (tertiary/aromatic N) is 1. The predicted octanol–water partition coefficient (Wildman–Crippen LogP) is 5.40.